The second-order valence-electron chi connectivity index (χ2n) is 17.8. The number of nitrogens with one attached hydrogen (secondary N) is 4. The van der Waals surface area contributed by atoms with Gasteiger partial charge in [0, 0.05) is 24.2 Å². The third-order valence-corrected chi connectivity index (χ3v) is 10.5. The number of imidazole rings is 2. The minimum Gasteiger partial charge on any atom is -0.444 e. The Kier molecular flexibility index (Phi) is 13.5. The first-order valence-corrected chi connectivity index (χ1v) is 21.5. The molecule has 0 saturated carbocycles. The number of nitrogens with zero attached hydrogens (tertiary/aromatic N) is 4. The lowest BCUT2D eigenvalue weighted by molar-refractivity contribution is -0.135. The molecule has 0 spiro atoms. The molecule has 330 valence electrons. The number of aromatic amines is 2. The van der Waals surface area contributed by atoms with Gasteiger partial charge >= 0.3 is 12.2 Å². The summed E-state index contributed by atoms with van der Waals surface area (Å²) in [6.45, 7) is 11.7. The summed E-state index contributed by atoms with van der Waals surface area (Å²) in [6.07, 6.45) is 5.00. The number of alkyl carbamates (subject to hydrolysis) is 2. The number of rotatable bonds is 8. The third-order valence-electron chi connectivity index (χ3n) is 10.5. The van der Waals surface area contributed by atoms with Crippen molar-refractivity contribution < 1.29 is 28.7 Å². The average Bonchev–Trinajstić information content (AvgIpc) is 4.10. The van der Waals surface area contributed by atoms with E-state index >= 15 is 0 Å². The van der Waals surface area contributed by atoms with Gasteiger partial charge in [-0.05, 0) is 114 Å². The first kappa shape index (κ1) is 44.7. The van der Waals surface area contributed by atoms with Crippen LogP contribution in [-0.2, 0) is 19.1 Å². The quantitative estimate of drug-likeness (QED) is 0.114. The van der Waals surface area contributed by atoms with E-state index in [9.17, 15) is 19.2 Å². The van der Waals surface area contributed by atoms with Crippen molar-refractivity contribution in [3.63, 3.8) is 0 Å². The maximum atomic E-state index is 14.1. The van der Waals surface area contributed by atoms with E-state index in [4.69, 9.17) is 9.47 Å². The van der Waals surface area contributed by atoms with Crippen molar-refractivity contribution >= 4 is 24.0 Å². The van der Waals surface area contributed by atoms with Gasteiger partial charge in [0.25, 0.3) is 11.8 Å². The molecule has 2 saturated heterocycles. The molecule has 3 aromatic carbocycles. The molecule has 0 aliphatic carbocycles. The molecule has 2 aliphatic rings. The van der Waals surface area contributed by atoms with E-state index in [1.807, 2.05) is 84.9 Å². The van der Waals surface area contributed by atoms with Crippen LogP contribution in [-0.4, -0.2) is 78.0 Å². The Morgan fingerprint density at radius 1 is 0.594 bits per heavy atom. The number of hydrogen-bond acceptors (Lipinski definition) is 8. The van der Waals surface area contributed by atoms with Crippen LogP contribution in [0.5, 0.6) is 0 Å². The Morgan fingerprint density at radius 3 is 1.33 bits per heavy atom. The number of hydrogen-bond donors (Lipinski definition) is 4. The second-order valence-corrected chi connectivity index (χ2v) is 17.8. The molecule has 0 bridgehead atoms. The van der Waals surface area contributed by atoms with Crippen LogP contribution in [0.4, 0.5) is 9.59 Å². The van der Waals surface area contributed by atoms with Crippen molar-refractivity contribution in [2.45, 2.75) is 103 Å². The van der Waals surface area contributed by atoms with Crippen molar-refractivity contribution in [3.8, 4) is 23.7 Å². The molecule has 4 heterocycles. The number of likely N-dealkylation sites (tertiary alicyclic amines) is 2. The fraction of sp³-hybridized carbons (Fsp3) is 0.360. The van der Waals surface area contributed by atoms with Crippen LogP contribution >= 0.6 is 0 Å². The smallest absolute Gasteiger partial charge is 0.408 e. The predicted octanol–water partition coefficient (Wildman–Crippen LogP) is 7.79. The number of carbonyl (C=O) groups excluding carboxylic acids is 4. The van der Waals surface area contributed by atoms with Crippen molar-refractivity contribution in [1.29, 1.82) is 0 Å². The molecule has 2 aromatic heterocycles. The molecule has 7 rings (SSSR count). The molecule has 14 nitrogen and oxygen atoms in total. The summed E-state index contributed by atoms with van der Waals surface area (Å²) in [7, 11) is 0. The summed E-state index contributed by atoms with van der Waals surface area (Å²) in [5.41, 5.74) is 2.66. The summed E-state index contributed by atoms with van der Waals surface area (Å²) in [5, 5.41) is 5.58. The monoisotopic (exact) mass is 862 g/mol. The van der Waals surface area contributed by atoms with Crippen LogP contribution in [0, 0.1) is 23.7 Å². The lowest BCUT2D eigenvalue weighted by atomic mass is 10.0. The van der Waals surface area contributed by atoms with Crippen LogP contribution in [0.2, 0.25) is 0 Å². The molecule has 5 aromatic rings. The number of H-pyrrole nitrogens is 2. The lowest BCUT2D eigenvalue weighted by Crippen LogP contribution is -2.44. The van der Waals surface area contributed by atoms with Gasteiger partial charge in [0.15, 0.2) is 0 Å². The van der Waals surface area contributed by atoms with Crippen LogP contribution in [0.25, 0.3) is 0 Å². The summed E-state index contributed by atoms with van der Waals surface area (Å²) >= 11 is 0. The number of aromatic nitrogens is 4. The average molecular weight is 863 g/mol. The maximum absolute atomic E-state index is 14.1. The van der Waals surface area contributed by atoms with E-state index in [1.165, 1.54) is 0 Å². The van der Waals surface area contributed by atoms with Gasteiger partial charge in [0.2, 0.25) is 0 Å². The zero-order chi connectivity index (χ0) is 45.4. The van der Waals surface area contributed by atoms with Gasteiger partial charge in [0.05, 0.1) is 24.5 Å². The van der Waals surface area contributed by atoms with Gasteiger partial charge in [-0.25, -0.2) is 19.6 Å². The van der Waals surface area contributed by atoms with Gasteiger partial charge in [-0.1, -0.05) is 72.5 Å². The molecule has 2 fully saturated rings. The molecular weight excluding hydrogens is 809 g/mol. The van der Waals surface area contributed by atoms with Gasteiger partial charge in [-0.3, -0.25) is 9.59 Å². The fourth-order valence-corrected chi connectivity index (χ4v) is 7.73. The number of amides is 4. The van der Waals surface area contributed by atoms with E-state index in [-0.39, 0.29) is 23.9 Å². The van der Waals surface area contributed by atoms with Crippen LogP contribution in [0.15, 0.2) is 97.3 Å². The Labute approximate surface area is 373 Å². The van der Waals surface area contributed by atoms with E-state index in [2.05, 4.69) is 54.3 Å². The fourth-order valence-electron chi connectivity index (χ4n) is 7.73. The van der Waals surface area contributed by atoms with E-state index in [1.54, 1.807) is 63.7 Å². The van der Waals surface area contributed by atoms with Crippen molar-refractivity contribution in [3.05, 3.63) is 143 Å². The number of benzene rings is 3. The minimum atomic E-state index is -0.924. The summed E-state index contributed by atoms with van der Waals surface area (Å²) in [6, 6.07) is 23.4. The Morgan fingerprint density at radius 2 is 0.969 bits per heavy atom. The van der Waals surface area contributed by atoms with Gasteiger partial charge < -0.3 is 39.9 Å². The van der Waals surface area contributed by atoms with Crippen LogP contribution in [0.3, 0.4) is 0 Å². The largest absolute Gasteiger partial charge is 0.444 e. The summed E-state index contributed by atoms with van der Waals surface area (Å²) in [5.74, 6) is 13.4. The molecule has 4 N–H and O–H groups in total. The van der Waals surface area contributed by atoms with Crippen LogP contribution < -0.4 is 10.6 Å². The van der Waals surface area contributed by atoms with Gasteiger partial charge in [-0.2, -0.15) is 0 Å². The van der Waals surface area contributed by atoms with E-state index < -0.39 is 35.5 Å². The predicted molar refractivity (Wildman–Crippen MR) is 240 cm³/mol. The van der Waals surface area contributed by atoms with Gasteiger partial charge in [0.1, 0.15) is 46.3 Å². The van der Waals surface area contributed by atoms with Crippen molar-refractivity contribution in [2.75, 3.05) is 13.1 Å². The lowest BCUT2D eigenvalue weighted by Gasteiger charge is -2.29. The molecule has 64 heavy (non-hydrogen) atoms. The number of ether oxygens (including phenoxy) is 2. The molecule has 2 aliphatic heterocycles. The molecular formula is C50H54N8O6. The third kappa shape index (κ3) is 11.6. The normalized spacial score (nSPS) is 17.0. The summed E-state index contributed by atoms with van der Waals surface area (Å²) < 4.78 is 11.0. The highest BCUT2D eigenvalue weighted by atomic mass is 16.6. The maximum Gasteiger partial charge on any atom is 0.408 e. The zero-order valence-electron chi connectivity index (χ0n) is 37.0. The zero-order valence-corrected chi connectivity index (χ0v) is 37.0. The Bertz CT molecular complexity index is 2390. The SMILES string of the molecule is CC(C)(C)OC(=O)N[C@@H](C(=O)N1CCCC1c1ncc(C#Cc2ccc(C#Cc3cnc([C@@H]4CCCN4C(=O)[C@H](NC(=O)OC(C)(C)C)c4ccccc4)[nH]3)cc2)[nH]1)c1ccccc1. The van der Waals surface area contributed by atoms with Gasteiger partial charge in [-0.15, -0.1) is 0 Å². The Balaban J connectivity index is 0.980. The van der Waals surface area contributed by atoms with E-state index in [0.29, 0.717) is 60.1 Å². The van der Waals surface area contributed by atoms with Crippen molar-refractivity contribution in [2.24, 2.45) is 0 Å². The molecule has 4 amide bonds. The highest BCUT2D eigenvalue weighted by Crippen LogP contribution is 2.34. The summed E-state index contributed by atoms with van der Waals surface area (Å²) in [4.78, 5) is 73.1. The van der Waals surface area contributed by atoms with Crippen molar-refractivity contribution in [1.82, 2.24) is 40.4 Å². The first-order chi connectivity index (χ1) is 30.6. The second kappa shape index (κ2) is 19.4. The highest BCUT2D eigenvalue weighted by Gasteiger charge is 2.39. The first-order valence-electron chi connectivity index (χ1n) is 21.5. The number of carbonyl (C=O) groups is 4. The van der Waals surface area contributed by atoms with E-state index in [0.717, 1.165) is 24.0 Å². The molecule has 0 radical (unpaired) electrons. The topological polar surface area (TPSA) is 175 Å². The highest BCUT2D eigenvalue weighted by molar-refractivity contribution is 5.88. The molecule has 1 unspecified atom stereocenters. The standard InChI is InChI=1S/C50H54N8O6/c1-49(2,3)63-47(61)55-41(35-15-9-7-10-16-35)45(59)57-29-13-19-39(57)43-51-31-37(53-43)27-25-33-21-23-34(24-22-33)26-28-38-32-52-44(54-38)40-20-14-30-58(40)46(60)42(36-17-11-8-12-18-36)56-48(62)64-50(4,5)6/h7-12,15-18,21-24,31-32,39-42H,13-14,19-20,29-30H2,1-6H3,(H,51,53)(H,52,54)(H,55,61)(H,56,62)/t39-,40?,41+,42+/m0/s1. The Hall–Kier alpha value is -7.32. The molecule has 14 heteroatoms. The van der Waals surface area contributed by atoms with Crippen LogP contribution in [0.1, 0.15) is 137 Å². The molecule has 4 atom stereocenters. The minimum absolute atomic E-state index is 0.240.